The Hall–Kier alpha value is -3.45. The van der Waals surface area contributed by atoms with Crippen LogP contribution in [0.3, 0.4) is 0 Å². The quantitative estimate of drug-likeness (QED) is 0.410. The van der Waals surface area contributed by atoms with Gasteiger partial charge >= 0.3 is 0 Å². The van der Waals surface area contributed by atoms with Crippen molar-refractivity contribution >= 4 is 23.2 Å². The van der Waals surface area contributed by atoms with Crippen molar-refractivity contribution in [2.45, 2.75) is 40.8 Å². The molecule has 0 saturated heterocycles. The van der Waals surface area contributed by atoms with Crippen LogP contribution in [-0.2, 0) is 13.2 Å². The molecule has 0 aliphatic rings. The molecule has 0 bridgehead atoms. The Morgan fingerprint density at radius 3 is 2.72 bits per heavy atom. The second kappa shape index (κ2) is 9.36. The zero-order valence-electron chi connectivity index (χ0n) is 18.7. The fourth-order valence-electron chi connectivity index (χ4n) is 3.44. The number of benzene rings is 2. The van der Waals surface area contributed by atoms with Crippen molar-refractivity contribution in [1.82, 2.24) is 14.8 Å². The van der Waals surface area contributed by atoms with E-state index in [1.807, 2.05) is 29.6 Å². The second-order valence-electron chi connectivity index (χ2n) is 7.96. The van der Waals surface area contributed by atoms with E-state index in [2.05, 4.69) is 61.3 Å². The van der Waals surface area contributed by atoms with Gasteiger partial charge in [-0.1, -0.05) is 30.3 Å². The molecule has 2 heterocycles. The average molecular weight is 447 g/mol. The number of nitrogens with zero attached hydrogens (tertiary/aromatic N) is 3. The summed E-state index contributed by atoms with van der Waals surface area (Å²) in [7, 11) is 0. The van der Waals surface area contributed by atoms with Gasteiger partial charge in [0.1, 0.15) is 18.7 Å². The van der Waals surface area contributed by atoms with Crippen LogP contribution in [-0.4, -0.2) is 20.7 Å². The van der Waals surface area contributed by atoms with E-state index in [9.17, 15) is 4.79 Å². The maximum atomic E-state index is 12.6. The summed E-state index contributed by atoms with van der Waals surface area (Å²) in [6.45, 7) is 9.28. The molecule has 0 unspecified atom stereocenters. The Kier molecular flexibility index (Phi) is 6.37. The molecular weight excluding hydrogens is 420 g/mol. The first kappa shape index (κ1) is 21.8. The lowest BCUT2D eigenvalue weighted by atomic mass is 10.1. The monoisotopic (exact) mass is 446 g/mol. The number of nitrogens with one attached hydrogen (secondary N) is 1. The third-order valence-electron chi connectivity index (χ3n) is 5.39. The van der Waals surface area contributed by atoms with Crippen molar-refractivity contribution in [3.05, 3.63) is 92.4 Å². The minimum absolute atomic E-state index is 0.225. The van der Waals surface area contributed by atoms with Gasteiger partial charge < -0.3 is 4.74 Å². The molecule has 0 spiro atoms. The van der Waals surface area contributed by atoms with Crippen molar-refractivity contribution in [2.24, 2.45) is 0 Å². The Bertz CT molecular complexity index is 1260. The third-order valence-corrected chi connectivity index (χ3v) is 6.37. The highest BCUT2D eigenvalue weighted by atomic mass is 32.1. The number of thiophene rings is 1. The number of amides is 1. The van der Waals surface area contributed by atoms with Crippen molar-refractivity contribution in [3.8, 4) is 5.75 Å². The predicted octanol–water partition coefficient (Wildman–Crippen LogP) is 5.45. The predicted molar refractivity (Wildman–Crippen MR) is 128 cm³/mol. The number of aryl methyl sites for hydroxylation is 3. The van der Waals surface area contributed by atoms with Crippen LogP contribution in [0.15, 0.2) is 54.2 Å². The molecule has 164 valence electrons. The van der Waals surface area contributed by atoms with E-state index >= 15 is 0 Å². The molecule has 2 aromatic heterocycles. The summed E-state index contributed by atoms with van der Waals surface area (Å²) >= 11 is 1.38. The molecule has 32 heavy (non-hydrogen) atoms. The molecule has 7 heteroatoms. The SMILES string of the molecule is Cc1cc(C)c(C)c(OCc2csc(C(=O)Nc3ncn(Cc4ccccc4C)n3)c2)c1. The van der Waals surface area contributed by atoms with Crippen LogP contribution in [0, 0.1) is 27.7 Å². The molecule has 4 aromatic rings. The summed E-state index contributed by atoms with van der Waals surface area (Å²) < 4.78 is 7.73. The topological polar surface area (TPSA) is 69.0 Å². The highest BCUT2D eigenvalue weighted by Crippen LogP contribution is 2.25. The first-order valence-corrected chi connectivity index (χ1v) is 11.3. The summed E-state index contributed by atoms with van der Waals surface area (Å²) in [5, 5.41) is 9.09. The number of aromatic nitrogens is 3. The lowest BCUT2D eigenvalue weighted by molar-refractivity contribution is 0.102. The zero-order chi connectivity index (χ0) is 22.7. The normalized spacial score (nSPS) is 10.9. The van der Waals surface area contributed by atoms with Crippen LogP contribution < -0.4 is 10.1 Å². The zero-order valence-corrected chi connectivity index (χ0v) is 19.5. The maximum Gasteiger partial charge on any atom is 0.268 e. The Balaban J connectivity index is 1.36. The van der Waals surface area contributed by atoms with Gasteiger partial charge in [0, 0.05) is 5.56 Å². The Labute approximate surface area is 191 Å². The minimum Gasteiger partial charge on any atom is -0.489 e. The van der Waals surface area contributed by atoms with Gasteiger partial charge in [-0.05, 0) is 73.0 Å². The Morgan fingerprint density at radius 2 is 1.91 bits per heavy atom. The van der Waals surface area contributed by atoms with Crippen LogP contribution in [0.5, 0.6) is 5.75 Å². The third kappa shape index (κ3) is 5.06. The Morgan fingerprint density at radius 1 is 1.09 bits per heavy atom. The van der Waals surface area contributed by atoms with Crippen molar-refractivity contribution in [2.75, 3.05) is 5.32 Å². The summed E-state index contributed by atoms with van der Waals surface area (Å²) in [6, 6.07) is 14.2. The number of rotatable bonds is 7. The minimum atomic E-state index is -0.225. The lowest BCUT2D eigenvalue weighted by Gasteiger charge is -2.11. The average Bonchev–Trinajstić information content (AvgIpc) is 3.41. The van der Waals surface area contributed by atoms with Gasteiger partial charge in [-0.2, -0.15) is 0 Å². The molecule has 0 fully saturated rings. The highest BCUT2D eigenvalue weighted by molar-refractivity contribution is 7.12. The van der Waals surface area contributed by atoms with Gasteiger partial charge in [-0.3, -0.25) is 10.1 Å². The first-order valence-electron chi connectivity index (χ1n) is 10.4. The van der Waals surface area contributed by atoms with E-state index in [4.69, 9.17) is 4.74 Å². The van der Waals surface area contributed by atoms with E-state index in [-0.39, 0.29) is 5.91 Å². The number of anilines is 1. The molecule has 2 aromatic carbocycles. The van der Waals surface area contributed by atoms with E-state index in [0.717, 1.165) is 22.4 Å². The molecule has 6 nitrogen and oxygen atoms in total. The van der Waals surface area contributed by atoms with E-state index in [1.54, 1.807) is 11.0 Å². The number of hydrogen-bond donors (Lipinski definition) is 1. The standard InChI is InChI=1S/C25H26N4O2S/c1-16-9-18(3)19(4)22(10-16)31-13-20-11-23(32-14-20)24(30)27-25-26-15-29(28-25)12-21-8-6-5-7-17(21)2/h5-11,14-15H,12-13H2,1-4H3,(H,27,28,30). The fraction of sp³-hybridized carbons (Fsp3) is 0.240. The van der Waals surface area contributed by atoms with E-state index in [1.165, 1.54) is 28.0 Å². The molecule has 0 atom stereocenters. The lowest BCUT2D eigenvalue weighted by Crippen LogP contribution is -2.12. The molecule has 0 radical (unpaired) electrons. The smallest absolute Gasteiger partial charge is 0.268 e. The van der Waals surface area contributed by atoms with Crippen LogP contribution >= 0.6 is 11.3 Å². The number of hydrogen-bond acceptors (Lipinski definition) is 5. The molecule has 0 aliphatic carbocycles. The van der Waals surface area contributed by atoms with Gasteiger partial charge in [0.05, 0.1) is 11.4 Å². The van der Waals surface area contributed by atoms with Crippen molar-refractivity contribution in [1.29, 1.82) is 0 Å². The summed E-state index contributed by atoms with van der Waals surface area (Å²) in [5.41, 5.74) is 6.82. The van der Waals surface area contributed by atoms with Gasteiger partial charge in [0.15, 0.2) is 0 Å². The van der Waals surface area contributed by atoms with Gasteiger partial charge in [-0.15, -0.1) is 16.4 Å². The summed E-state index contributed by atoms with van der Waals surface area (Å²) in [5.74, 6) is 0.946. The van der Waals surface area contributed by atoms with Gasteiger partial charge in [-0.25, -0.2) is 9.67 Å². The first-order chi connectivity index (χ1) is 15.4. The van der Waals surface area contributed by atoms with Crippen LogP contribution in [0.1, 0.15) is 43.1 Å². The number of carbonyl (C=O) groups is 1. The van der Waals surface area contributed by atoms with E-state index < -0.39 is 0 Å². The number of carbonyl (C=O) groups excluding carboxylic acids is 1. The largest absolute Gasteiger partial charge is 0.489 e. The van der Waals surface area contributed by atoms with E-state index in [0.29, 0.717) is 24.0 Å². The fourth-order valence-corrected chi connectivity index (χ4v) is 4.23. The summed E-state index contributed by atoms with van der Waals surface area (Å²) in [6.07, 6.45) is 1.63. The van der Waals surface area contributed by atoms with Gasteiger partial charge in [0.2, 0.25) is 5.95 Å². The number of ether oxygens (including phenoxy) is 1. The summed E-state index contributed by atoms with van der Waals surface area (Å²) in [4.78, 5) is 17.4. The maximum absolute atomic E-state index is 12.6. The molecule has 1 amide bonds. The van der Waals surface area contributed by atoms with Crippen molar-refractivity contribution in [3.63, 3.8) is 0 Å². The molecule has 0 aliphatic heterocycles. The molecule has 1 N–H and O–H groups in total. The second-order valence-corrected chi connectivity index (χ2v) is 8.87. The molecule has 4 rings (SSSR count). The van der Waals surface area contributed by atoms with Crippen molar-refractivity contribution < 1.29 is 9.53 Å². The van der Waals surface area contributed by atoms with Gasteiger partial charge in [0.25, 0.3) is 5.91 Å². The van der Waals surface area contributed by atoms with Crippen LogP contribution in [0.25, 0.3) is 0 Å². The van der Waals surface area contributed by atoms with Crippen LogP contribution in [0.2, 0.25) is 0 Å². The molecular formula is C25H26N4O2S. The van der Waals surface area contributed by atoms with Crippen LogP contribution in [0.4, 0.5) is 5.95 Å². The highest BCUT2D eigenvalue weighted by Gasteiger charge is 2.13. The molecule has 0 saturated carbocycles.